The predicted molar refractivity (Wildman–Crippen MR) is 98.3 cm³/mol. The Kier molecular flexibility index (Phi) is 4.10. The number of H-pyrrole nitrogens is 2. The van der Waals surface area contributed by atoms with E-state index < -0.39 is 0 Å². The maximum absolute atomic E-state index is 12.3. The summed E-state index contributed by atoms with van der Waals surface area (Å²) in [6.45, 7) is 0. The highest BCUT2D eigenvalue weighted by Gasteiger charge is 2.12. The van der Waals surface area contributed by atoms with Crippen LogP contribution in [0.5, 0.6) is 0 Å². The third-order valence-electron chi connectivity index (χ3n) is 4.18. The van der Waals surface area contributed by atoms with Crippen molar-refractivity contribution in [3.05, 3.63) is 66.1 Å². The van der Waals surface area contributed by atoms with Gasteiger partial charge in [0, 0.05) is 29.9 Å². The molecule has 0 saturated carbocycles. The summed E-state index contributed by atoms with van der Waals surface area (Å²) in [5, 5.41) is 0.807. The van der Waals surface area contributed by atoms with Crippen LogP contribution in [0.4, 0.5) is 0 Å². The topological polar surface area (TPSA) is 103 Å². The van der Waals surface area contributed by atoms with Crippen LogP contribution in [0.15, 0.2) is 54.7 Å². The monoisotopic (exact) mass is 347 g/mol. The van der Waals surface area contributed by atoms with Crippen LogP contribution in [-0.2, 0) is 11.2 Å². The van der Waals surface area contributed by atoms with Gasteiger partial charge < -0.3 is 9.97 Å². The quantitative estimate of drug-likeness (QED) is 0.426. The number of nitrogens with one attached hydrogen (secondary N) is 4. The smallest absolute Gasteiger partial charge is 0.271 e. The zero-order chi connectivity index (χ0) is 17.9. The number of nitrogens with zero attached hydrogens (tertiary/aromatic N) is 1. The predicted octanol–water partition coefficient (Wildman–Crippen LogP) is 2.44. The summed E-state index contributed by atoms with van der Waals surface area (Å²) < 4.78 is 0. The van der Waals surface area contributed by atoms with E-state index in [-0.39, 0.29) is 18.2 Å². The van der Waals surface area contributed by atoms with Crippen LogP contribution in [0.25, 0.3) is 21.9 Å². The van der Waals surface area contributed by atoms with Gasteiger partial charge in [0.15, 0.2) is 0 Å². The minimum atomic E-state index is -0.362. The van der Waals surface area contributed by atoms with E-state index in [2.05, 4.69) is 25.8 Å². The molecule has 0 fully saturated rings. The summed E-state index contributed by atoms with van der Waals surface area (Å²) in [7, 11) is 0. The molecule has 2 heterocycles. The molecule has 0 aliphatic carbocycles. The Morgan fingerprint density at radius 3 is 2.58 bits per heavy atom. The van der Waals surface area contributed by atoms with Gasteiger partial charge in [-0.3, -0.25) is 20.4 Å². The fourth-order valence-electron chi connectivity index (χ4n) is 2.87. The summed E-state index contributed by atoms with van der Waals surface area (Å²) >= 11 is 0. The zero-order valence-electron chi connectivity index (χ0n) is 13.9. The van der Waals surface area contributed by atoms with Crippen LogP contribution in [0.1, 0.15) is 22.6 Å². The van der Waals surface area contributed by atoms with Gasteiger partial charge in [-0.15, -0.1) is 0 Å². The summed E-state index contributed by atoms with van der Waals surface area (Å²) in [6, 6.07) is 15.2. The van der Waals surface area contributed by atoms with Crippen molar-refractivity contribution in [1.29, 1.82) is 0 Å². The molecule has 2 aromatic heterocycles. The first-order chi connectivity index (χ1) is 12.7. The molecule has 0 saturated heterocycles. The van der Waals surface area contributed by atoms with Crippen LogP contribution in [0, 0.1) is 0 Å². The lowest BCUT2D eigenvalue weighted by Gasteiger charge is -2.06. The second-order valence-electron chi connectivity index (χ2n) is 5.95. The van der Waals surface area contributed by atoms with Crippen LogP contribution >= 0.6 is 0 Å². The molecule has 7 nitrogen and oxygen atoms in total. The molecule has 2 amide bonds. The first kappa shape index (κ1) is 15.9. The maximum atomic E-state index is 12.3. The van der Waals surface area contributed by atoms with Gasteiger partial charge in [0.1, 0.15) is 5.82 Å². The highest BCUT2D eigenvalue weighted by atomic mass is 16.2. The molecule has 0 aliphatic rings. The molecule has 4 N–H and O–H groups in total. The molecule has 0 spiro atoms. The van der Waals surface area contributed by atoms with Gasteiger partial charge in [-0.1, -0.05) is 30.3 Å². The van der Waals surface area contributed by atoms with Gasteiger partial charge in [0.05, 0.1) is 16.6 Å². The number of carbonyl (C=O) groups is 2. The second-order valence-corrected chi connectivity index (χ2v) is 5.95. The van der Waals surface area contributed by atoms with Crippen molar-refractivity contribution in [2.45, 2.75) is 12.8 Å². The van der Waals surface area contributed by atoms with E-state index in [0.29, 0.717) is 12.0 Å². The standard InChI is InChI=1S/C19H17N5O2/c25-18(10-9-17-21-15-7-3-4-8-16(15)22-17)23-24-19(26)13-11-20-14-6-2-1-5-12(13)14/h1-8,11,20H,9-10H2,(H,21,22)(H,23,25)(H,24,26). The van der Waals surface area contributed by atoms with E-state index in [1.54, 1.807) is 6.20 Å². The van der Waals surface area contributed by atoms with Crippen molar-refractivity contribution in [1.82, 2.24) is 25.8 Å². The van der Waals surface area contributed by atoms with Crippen LogP contribution in [-0.4, -0.2) is 26.8 Å². The molecule has 0 radical (unpaired) electrons. The first-order valence-corrected chi connectivity index (χ1v) is 8.29. The van der Waals surface area contributed by atoms with Gasteiger partial charge in [0.25, 0.3) is 5.91 Å². The van der Waals surface area contributed by atoms with Gasteiger partial charge in [-0.25, -0.2) is 4.98 Å². The van der Waals surface area contributed by atoms with Gasteiger partial charge in [-0.2, -0.15) is 0 Å². The minimum Gasteiger partial charge on any atom is -0.360 e. The largest absolute Gasteiger partial charge is 0.360 e. The normalized spacial score (nSPS) is 10.9. The van der Waals surface area contributed by atoms with Crippen molar-refractivity contribution in [3.8, 4) is 0 Å². The van der Waals surface area contributed by atoms with Crippen LogP contribution < -0.4 is 10.9 Å². The van der Waals surface area contributed by atoms with E-state index in [1.807, 2.05) is 48.5 Å². The number of benzene rings is 2. The lowest BCUT2D eigenvalue weighted by atomic mass is 10.2. The Labute approximate surface area is 148 Å². The average Bonchev–Trinajstić information content (AvgIpc) is 3.28. The first-order valence-electron chi connectivity index (χ1n) is 8.29. The summed E-state index contributed by atoms with van der Waals surface area (Å²) in [6.07, 6.45) is 2.30. The molecule has 7 heteroatoms. The summed E-state index contributed by atoms with van der Waals surface area (Å²) in [5.41, 5.74) is 8.06. The molecule has 2 aromatic carbocycles. The number of rotatable bonds is 4. The molecule has 0 atom stereocenters. The highest BCUT2D eigenvalue weighted by molar-refractivity contribution is 6.07. The fourth-order valence-corrected chi connectivity index (χ4v) is 2.87. The lowest BCUT2D eigenvalue weighted by molar-refractivity contribution is -0.121. The van der Waals surface area contributed by atoms with Gasteiger partial charge in [-0.05, 0) is 18.2 Å². The summed E-state index contributed by atoms with van der Waals surface area (Å²) in [4.78, 5) is 34.9. The molecule has 0 bridgehead atoms. The molecule has 0 aliphatic heterocycles. The van der Waals surface area contributed by atoms with E-state index in [1.165, 1.54) is 0 Å². The van der Waals surface area contributed by atoms with E-state index in [4.69, 9.17) is 0 Å². The Morgan fingerprint density at radius 2 is 1.73 bits per heavy atom. The number of hydrogen-bond acceptors (Lipinski definition) is 3. The SMILES string of the molecule is O=C(CCc1nc2ccccc2[nH]1)NNC(=O)c1c[nH]c2ccccc12. The maximum Gasteiger partial charge on any atom is 0.271 e. The van der Waals surface area contributed by atoms with Gasteiger partial charge in [0.2, 0.25) is 5.91 Å². The number of hydrazine groups is 1. The van der Waals surface area contributed by atoms with E-state index in [0.717, 1.165) is 27.8 Å². The van der Waals surface area contributed by atoms with Crippen molar-refractivity contribution >= 4 is 33.8 Å². The lowest BCUT2D eigenvalue weighted by Crippen LogP contribution is -2.41. The molecule has 4 aromatic rings. The molecule has 130 valence electrons. The number of imidazole rings is 1. The number of para-hydroxylation sites is 3. The number of amides is 2. The molecular formula is C19H17N5O2. The molecule has 0 unspecified atom stereocenters. The third kappa shape index (κ3) is 3.14. The van der Waals surface area contributed by atoms with Crippen molar-refractivity contribution in [3.63, 3.8) is 0 Å². The minimum absolute atomic E-state index is 0.216. The Balaban J connectivity index is 1.32. The number of hydrogen-bond donors (Lipinski definition) is 4. The van der Waals surface area contributed by atoms with Crippen LogP contribution in [0.2, 0.25) is 0 Å². The van der Waals surface area contributed by atoms with Crippen molar-refractivity contribution in [2.24, 2.45) is 0 Å². The number of aryl methyl sites for hydroxylation is 1. The van der Waals surface area contributed by atoms with E-state index >= 15 is 0 Å². The second kappa shape index (κ2) is 6.72. The number of aromatic nitrogens is 3. The molecular weight excluding hydrogens is 330 g/mol. The Bertz CT molecular complexity index is 1060. The number of aromatic amines is 2. The molecule has 26 heavy (non-hydrogen) atoms. The Morgan fingerprint density at radius 1 is 0.962 bits per heavy atom. The van der Waals surface area contributed by atoms with E-state index in [9.17, 15) is 9.59 Å². The number of fused-ring (bicyclic) bond motifs is 2. The molecule has 4 rings (SSSR count). The van der Waals surface area contributed by atoms with Crippen molar-refractivity contribution < 1.29 is 9.59 Å². The number of carbonyl (C=O) groups excluding carboxylic acids is 2. The summed E-state index contributed by atoms with van der Waals surface area (Å²) in [5.74, 6) is 0.0995. The highest BCUT2D eigenvalue weighted by Crippen LogP contribution is 2.17. The Hall–Kier alpha value is -3.61. The fraction of sp³-hybridized carbons (Fsp3) is 0.105. The third-order valence-corrected chi connectivity index (χ3v) is 4.18. The average molecular weight is 347 g/mol. The van der Waals surface area contributed by atoms with Crippen molar-refractivity contribution in [2.75, 3.05) is 0 Å². The van der Waals surface area contributed by atoms with Crippen LogP contribution in [0.3, 0.4) is 0 Å². The van der Waals surface area contributed by atoms with Gasteiger partial charge >= 0.3 is 0 Å². The zero-order valence-corrected chi connectivity index (χ0v) is 13.9.